The van der Waals surface area contributed by atoms with Gasteiger partial charge >= 0.3 is 0 Å². The summed E-state index contributed by atoms with van der Waals surface area (Å²) in [5, 5.41) is 5.28. The van der Waals surface area contributed by atoms with Crippen LogP contribution in [0.3, 0.4) is 0 Å². The lowest BCUT2D eigenvalue weighted by Gasteiger charge is -2.22. The van der Waals surface area contributed by atoms with E-state index in [1.165, 1.54) is 72.1 Å². The fourth-order valence-electron chi connectivity index (χ4n) is 7.30. The van der Waals surface area contributed by atoms with Gasteiger partial charge in [-0.3, -0.25) is 0 Å². The highest BCUT2D eigenvalue weighted by atomic mass is 15.1. The molecule has 0 saturated heterocycles. The zero-order valence-corrected chi connectivity index (χ0v) is 23.8. The number of aromatic nitrogens is 2. The second kappa shape index (κ2) is 9.52. The van der Waals surface area contributed by atoms with E-state index in [-0.39, 0.29) is 0 Å². The van der Waals surface area contributed by atoms with Gasteiger partial charge in [-0.15, -0.1) is 0 Å². The van der Waals surface area contributed by atoms with Crippen molar-refractivity contribution in [2.75, 3.05) is 0 Å². The number of rotatable bonds is 3. The Balaban J connectivity index is 1.42. The summed E-state index contributed by atoms with van der Waals surface area (Å²) >= 11 is 0. The Morgan fingerprint density at radius 2 is 1.29 bits per heavy atom. The third-order valence-electron chi connectivity index (χ3n) is 9.46. The highest BCUT2D eigenvalue weighted by Gasteiger charge is 2.38. The summed E-state index contributed by atoms with van der Waals surface area (Å²) in [4.78, 5) is 0. The summed E-state index contributed by atoms with van der Waals surface area (Å²) in [5.74, 6) is 0.570. The first-order chi connectivity index (χ1) is 20.2. The fourth-order valence-corrected chi connectivity index (χ4v) is 7.30. The lowest BCUT2D eigenvalue weighted by Crippen LogP contribution is -2.47. The quantitative estimate of drug-likeness (QED) is 0.160. The molecule has 4 heterocycles. The zero-order valence-electron chi connectivity index (χ0n) is 23.8. The van der Waals surface area contributed by atoms with Crippen molar-refractivity contribution in [2.24, 2.45) is 0 Å². The number of benzene rings is 4. The standard InChI is InChI=1S/C39H34N2/c1-3-26(4-2)28-18-20-41-37(22-28)35-25-34-30(17-16-27-11-5-7-13-32(27)34)21-31(35)24-39(41)38-23-29-12-6-8-14-33(29)36-15-9-10-19-40(36)38/h5-22,25-26H,3-4,23-24H2,1-2H3/q+2/b39-38+. The molecule has 2 aliphatic rings. The number of allylic oxidation sites excluding steroid dienone is 2. The summed E-state index contributed by atoms with van der Waals surface area (Å²) in [6.45, 7) is 4.63. The molecule has 0 bridgehead atoms. The molecule has 2 aliphatic heterocycles. The van der Waals surface area contributed by atoms with Gasteiger partial charge in [0.2, 0.25) is 11.4 Å². The molecular weight excluding hydrogens is 496 g/mol. The molecule has 0 radical (unpaired) electrons. The smallest absolute Gasteiger partial charge is 0.158 e. The lowest BCUT2D eigenvalue weighted by molar-refractivity contribution is -0.602. The van der Waals surface area contributed by atoms with Crippen molar-refractivity contribution >= 4 is 32.9 Å². The van der Waals surface area contributed by atoms with Crippen LogP contribution >= 0.6 is 0 Å². The average Bonchev–Trinajstić information content (AvgIpc) is 3.03. The van der Waals surface area contributed by atoms with E-state index in [4.69, 9.17) is 0 Å². The predicted molar refractivity (Wildman–Crippen MR) is 169 cm³/mol. The van der Waals surface area contributed by atoms with E-state index in [1.807, 2.05) is 0 Å². The van der Waals surface area contributed by atoms with E-state index in [0.717, 1.165) is 25.7 Å². The molecule has 2 aromatic heterocycles. The molecule has 0 aliphatic carbocycles. The minimum Gasteiger partial charge on any atom is -0.158 e. The van der Waals surface area contributed by atoms with E-state index < -0.39 is 0 Å². The van der Waals surface area contributed by atoms with Crippen LogP contribution in [0.15, 0.2) is 116 Å². The third kappa shape index (κ3) is 3.78. The Hall–Kier alpha value is -4.56. The zero-order chi connectivity index (χ0) is 27.5. The molecule has 0 fully saturated rings. The van der Waals surface area contributed by atoms with Gasteiger partial charge in [-0.05, 0) is 81.3 Å². The van der Waals surface area contributed by atoms with E-state index in [9.17, 15) is 0 Å². The van der Waals surface area contributed by atoms with E-state index >= 15 is 0 Å². The molecular formula is C39H34N2+2. The Kier molecular flexibility index (Phi) is 5.63. The van der Waals surface area contributed by atoms with E-state index in [0.29, 0.717) is 5.92 Å². The Morgan fingerprint density at radius 3 is 2.17 bits per heavy atom. The molecule has 0 unspecified atom stereocenters. The molecule has 0 N–H and O–H groups in total. The summed E-state index contributed by atoms with van der Waals surface area (Å²) < 4.78 is 4.93. The largest absolute Gasteiger partial charge is 0.259 e. The highest BCUT2D eigenvalue weighted by Crippen LogP contribution is 2.39. The summed E-state index contributed by atoms with van der Waals surface area (Å²) in [6.07, 6.45) is 8.73. The van der Waals surface area contributed by atoms with Crippen molar-refractivity contribution in [3.05, 3.63) is 132 Å². The van der Waals surface area contributed by atoms with Gasteiger partial charge in [-0.2, -0.15) is 9.13 Å². The van der Waals surface area contributed by atoms with E-state index in [2.05, 4.69) is 139 Å². The van der Waals surface area contributed by atoms with Crippen molar-refractivity contribution in [1.82, 2.24) is 0 Å². The average molecular weight is 531 g/mol. The normalized spacial score (nSPS) is 15.5. The monoisotopic (exact) mass is 530 g/mol. The Bertz CT molecular complexity index is 2030. The van der Waals surface area contributed by atoms with Gasteiger partial charge in [0.05, 0.1) is 24.0 Å². The number of pyridine rings is 2. The summed E-state index contributed by atoms with van der Waals surface area (Å²) in [5.41, 5.74) is 12.3. The van der Waals surface area contributed by atoms with Crippen LogP contribution in [0.4, 0.5) is 0 Å². The minimum atomic E-state index is 0.570. The maximum absolute atomic E-state index is 2.50. The fraction of sp³-hybridized carbons (Fsp3) is 0.179. The highest BCUT2D eigenvalue weighted by molar-refractivity contribution is 6.09. The van der Waals surface area contributed by atoms with Gasteiger partial charge in [0.15, 0.2) is 12.4 Å². The first kappa shape index (κ1) is 24.3. The minimum absolute atomic E-state index is 0.570. The maximum atomic E-state index is 2.50. The number of fused-ring (bicyclic) bond motifs is 9. The molecule has 4 aromatic carbocycles. The Labute approximate surface area is 241 Å². The van der Waals surface area contributed by atoms with Crippen LogP contribution in [0.25, 0.3) is 55.5 Å². The number of hydrogen-bond acceptors (Lipinski definition) is 0. The SMILES string of the molecule is CCC(CC)c1cc[n+]2c(c1)-c1cc3c(ccc4ccccc43)cc1C/C2=C1/Cc2ccccc2-c2cccc[n+]21. The van der Waals surface area contributed by atoms with Crippen LogP contribution < -0.4 is 9.13 Å². The summed E-state index contributed by atoms with van der Waals surface area (Å²) in [6, 6.07) is 38.6. The van der Waals surface area contributed by atoms with Crippen molar-refractivity contribution in [1.29, 1.82) is 0 Å². The third-order valence-corrected chi connectivity index (χ3v) is 9.46. The van der Waals surface area contributed by atoms with Gasteiger partial charge < -0.3 is 0 Å². The predicted octanol–water partition coefficient (Wildman–Crippen LogP) is 8.74. The lowest BCUT2D eigenvalue weighted by atomic mass is 9.86. The molecule has 41 heavy (non-hydrogen) atoms. The maximum Gasteiger partial charge on any atom is 0.259 e. The molecule has 6 aromatic rings. The van der Waals surface area contributed by atoms with Gasteiger partial charge in [-0.1, -0.05) is 68.4 Å². The van der Waals surface area contributed by atoms with E-state index in [1.54, 1.807) is 0 Å². The first-order valence-electron chi connectivity index (χ1n) is 15.1. The van der Waals surface area contributed by atoms with Crippen LogP contribution in [0.2, 0.25) is 0 Å². The first-order valence-corrected chi connectivity index (χ1v) is 15.1. The second-order valence-corrected chi connectivity index (χ2v) is 11.6. The van der Waals surface area contributed by atoms with Crippen molar-refractivity contribution in [2.45, 2.75) is 45.4 Å². The molecule has 2 heteroatoms. The van der Waals surface area contributed by atoms with Crippen molar-refractivity contribution < 1.29 is 9.13 Å². The van der Waals surface area contributed by atoms with Crippen molar-refractivity contribution in [3.63, 3.8) is 0 Å². The molecule has 0 amide bonds. The second-order valence-electron chi connectivity index (χ2n) is 11.6. The van der Waals surface area contributed by atoms with Crippen LogP contribution in [-0.4, -0.2) is 0 Å². The molecule has 198 valence electrons. The van der Waals surface area contributed by atoms with Crippen LogP contribution in [-0.2, 0) is 12.8 Å². The Morgan fingerprint density at radius 1 is 0.561 bits per heavy atom. The van der Waals surface area contributed by atoms with Crippen LogP contribution in [0.5, 0.6) is 0 Å². The van der Waals surface area contributed by atoms with Crippen LogP contribution in [0.1, 0.15) is 49.3 Å². The summed E-state index contributed by atoms with van der Waals surface area (Å²) in [7, 11) is 0. The van der Waals surface area contributed by atoms with Gasteiger partial charge in [0.1, 0.15) is 0 Å². The number of hydrogen-bond donors (Lipinski definition) is 0. The van der Waals surface area contributed by atoms with Gasteiger partial charge in [0, 0.05) is 24.3 Å². The molecule has 0 spiro atoms. The molecule has 0 atom stereocenters. The molecule has 0 saturated carbocycles. The van der Waals surface area contributed by atoms with Crippen LogP contribution in [0, 0.1) is 0 Å². The van der Waals surface area contributed by atoms with Gasteiger partial charge in [-0.25, -0.2) is 0 Å². The van der Waals surface area contributed by atoms with Crippen molar-refractivity contribution in [3.8, 4) is 22.5 Å². The number of nitrogens with zero attached hydrogens (tertiary/aromatic N) is 2. The molecule has 2 nitrogen and oxygen atoms in total. The van der Waals surface area contributed by atoms with Gasteiger partial charge in [0.25, 0.3) is 11.4 Å². The topological polar surface area (TPSA) is 7.76 Å². The molecule has 8 rings (SSSR count).